The molecule has 3 rings (SSSR count). The number of ether oxygens (including phenoxy) is 1. The van der Waals surface area contributed by atoms with E-state index in [1.807, 2.05) is 6.07 Å². The molecule has 2 aromatic rings. The molecule has 2 heterocycles. The van der Waals surface area contributed by atoms with Crippen molar-refractivity contribution < 1.29 is 14.6 Å². The molecule has 0 spiro atoms. The van der Waals surface area contributed by atoms with Gasteiger partial charge >= 0.3 is 5.97 Å². The maximum atomic E-state index is 11.1. The van der Waals surface area contributed by atoms with Crippen molar-refractivity contribution in [3.05, 3.63) is 32.6 Å². The van der Waals surface area contributed by atoms with Gasteiger partial charge in [0.1, 0.15) is 6.10 Å². The Kier molecular flexibility index (Phi) is 4.64. The van der Waals surface area contributed by atoms with E-state index in [9.17, 15) is 4.79 Å². The second-order valence-electron chi connectivity index (χ2n) is 5.52. The Morgan fingerprint density at radius 1 is 1.41 bits per heavy atom. The normalized spacial score (nSPS) is 21.0. The van der Waals surface area contributed by atoms with E-state index in [0.29, 0.717) is 16.7 Å². The minimum Gasteiger partial charge on any atom is -0.481 e. The lowest BCUT2D eigenvalue weighted by molar-refractivity contribution is -0.140. The van der Waals surface area contributed by atoms with Gasteiger partial charge in [-0.1, -0.05) is 36.5 Å². The molecule has 0 fully saturated rings. The summed E-state index contributed by atoms with van der Waals surface area (Å²) in [7, 11) is 0. The summed E-state index contributed by atoms with van der Waals surface area (Å²) < 4.78 is 6.76. The molecule has 1 N–H and O–H groups in total. The van der Waals surface area contributed by atoms with Crippen LogP contribution in [0.1, 0.15) is 48.6 Å². The van der Waals surface area contributed by atoms with Crippen LogP contribution in [0, 0.1) is 0 Å². The van der Waals surface area contributed by atoms with Gasteiger partial charge in [-0.15, -0.1) is 11.3 Å². The minimum absolute atomic E-state index is 0.0338. The van der Waals surface area contributed by atoms with E-state index in [1.165, 1.54) is 11.3 Å². The third-order valence-corrected chi connectivity index (χ3v) is 6.07. The zero-order valence-corrected chi connectivity index (χ0v) is 14.4. The molecule has 118 valence electrons. The molecule has 1 aliphatic heterocycles. The molecule has 0 bridgehead atoms. The third kappa shape index (κ3) is 2.73. The maximum absolute atomic E-state index is 11.1. The SMILES string of the molecule is CCCC1COC(CC(=O)O)c2sc3c(Cl)ccc(Cl)c3c21. The van der Waals surface area contributed by atoms with Crippen molar-refractivity contribution in [1.82, 2.24) is 0 Å². The van der Waals surface area contributed by atoms with E-state index in [-0.39, 0.29) is 12.3 Å². The van der Waals surface area contributed by atoms with Crippen LogP contribution in [-0.2, 0) is 9.53 Å². The van der Waals surface area contributed by atoms with Gasteiger partial charge in [-0.3, -0.25) is 4.79 Å². The first-order valence-corrected chi connectivity index (χ1v) is 8.83. The fourth-order valence-electron chi connectivity index (χ4n) is 3.09. The Morgan fingerprint density at radius 3 is 2.82 bits per heavy atom. The highest BCUT2D eigenvalue weighted by molar-refractivity contribution is 7.20. The molecule has 1 aliphatic rings. The molecular formula is C16H16Cl2O3S. The van der Waals surface area contributed by atoms with E-state index in [1.54, 1.807) is 6.07 Å². The second kappa shape index (κ2) is 6.36. The molecule has 0 saturated carbocycles. The standard InChI is InChI=1S/C16H16Cl2O3S/c1-2-3-8-7-21-11(6-12(19)20)16-13(8)14-9(17)4-5-10(18)15(14)22-16/h4-5,8,11H,2-3,6-7H2,1H3,(H,19,20). The molecule has 2 unspecified atom stereocenters. The van der Waals surface area contributed by atoms with Gasteiger partial charge in [-0.25, -0.2) is 0 Å². The summed E-state index contributed by atoms with van der Waals surface area (Å²) in [6, 6.07) is 3.60. The smallest absolute Gasteiger partial charge is 0.306 e. The molecule has 3 nitrogen and oxygen atoms in total. The number of rotatable bonds is 4. The Labute approximate surface area is 142 Å². The number of carboxylic acids is 1. The number of hydrogen-bond donors (Lipinski definition) is 1. The molecule has 22 heavy (non-hydrogen) atoms. The number of fused-ring (bicyclic) bond motifs is 3. The zero-order chi connectivity index (χ0) is 15.9. The Morgan fingerprint density at radius 2 is 2.14 bits per heavy atom. The first-order valence-electron chi connectivity index (χ1n) is 7.26. The van der Waals surface area contributed by atoms with E-state index in [2.05, 4.69) is 6.92 Å². The largest absolute Gasteiger partial charge is 0.481 e. The number of halogens is 2. The predicted octanol–water partition coefficient (Wildman–Crippen LogP) is 5.64. The fraction of sp³-hybridized carbons (Fsp3) is 0.438. The van der Waals surface area contributed by atoms with Crippen molar-refractivity contribution in [1.29, 1.82) is 0 Å². The van der Waals surface area contributed by atoms with Crippen LogP contribution in [0.25, 0.3) is 10.1 Å². The monoisotopic (exact) mass is 358 g/mol. The first-order chi connectivity index (χ1) is 10.5. The van der Waals surface area contributed by atoms with E-state index < -0.39 is 12.1 Å². The van der Waals surface area contributed by atoms with Crippen molar-refractivity contribution >= 4 is 50.6 Å². The molecule has 0 aliphatic carbocycles. The summed E-state index contributed by atoms with van der Waals surface area (Å²) in [5.74, 6) is -0.616. The molecule has 0 amide bonds. The van der Waals surface area contributed by atoms with Crippen LogP contribution in [0.2, 0.25) is 10.0 Å². The van der Waals surface area contributed by atoms with Crippen molar-refractivity contribution in [2.45, 2.75) is 38.2 Å². The zero-order valence-electron chi connectivity index (χ0n) is 12.1. The second-order valence-corrected chi connectivity index (χ2v) is 7.39. The van der Waals surface area contributed by atoms with Crippen LogP contribution in [0.5, 0.6) is 0 Å². The third-order valence-electron chi connectivity index (χ3n) is 4.00. The van der Waals surface area contributed by atoms with Gasteiger partial charge < -0.3 is 9.84 Å². The number of aliphatic carboxylic acids is 1. The molecule has 2 atom stereocenters. The summed E-state index contributed by atoms with van der Waals surface area (Å²) in [5, 5.41) is 11.4. The van der Waals surface area contributed by atoms with Crippen LogP contribution >= 0.6 is 34.5 Å². The van der Waals surface area contributed by atoms with Gasteiger partial charge in [-0.2, -0.15) is 0 Å². The average Bonchev–Trinajstić information content (AvgIpc) is 2.87. The highest BCUT2D eigenvalue weighted by Crippen LogP contribution is 2.50. The molecular weight excluding hydrogens is 343 g/mol. The highest BCUT2D eigenvalue weighted by Gasteiger charge is 2.33. The van der Waals surface area contributed by atoms with Crippen LogP contribution < -0.4 is 0 Å². The molecule has 1 aromatic carbocycles. The lowest BCUT2D eigenvalue weighted by Gasteiger charge is -2.29. The molecule has 0 saturated heterocycles. The highest BCUT2D eigenvalue weighted by atomic mass is 35.5. The summed E-state index contributed by atoms with van der Waals surface area (Å²) >= 11 is 14.3. The van der Waals surface area contributed by atoms with E-state index in [0.717, 1.165) is 33.4 Å². The van der Waals surface area contributed by atoms with E-state index >= 15 is 0 Å². The summed E-state index contributed by atoms with van der Waals surface area (Å²) in [4.78, 5) is 12.1. The van der Waals surface area contributed by atoms with Gasteiger partial charge in [0.15, 0.2) is 0 Å². The van der Waals surface area contributed by atoms with Crippen LogP contribution in [-0.4, -0.2) is 17.7 Å². The Hall–Kier alpha value is -0.810. The predicted molar refractivity (Wildman–Crippen MR) is 90.4 cm³/mol. The van der Waals surface area contributed by atoms with Crippen molar-refractivity contribution in [2.75, 3.05) is 6.61 Å². The molecule has 1 aromatic heterocycles. The van der Waals surface area contributed by atoms with Crippen molar-refractivity contribution in [2.24, 2.45) is 0 Å². The summed E-state index contributed by atoms with van der Waals surface area (Å²) in [6.45, 7) is 2.67. The van der Waals surface area contributed by atoms with E-state index in [4.69, 9.17) is 33.0 Å². The lowest BCUT2D eigenvalue weighted by Crippen LogP contribution is -2.21. The number of carboxylic acid groups (broad SMARTS) is 1. The maximum Gasteiger partial charge on any atom is 0.306 e. The van der Waals surface area contributed by atoms with Crippen molar-refractivity contribution in [3.63, 3.8) is 0 Å². The van der Waals surface area contributed by atoms with Gasteiger partial charge in [0.2, 0.25) is 0 Å². The number of hydrogen-bond acceptors (Lipinski definition) is 3. The fourth-order valence-corrected chi connectivity index (χ4v) is 5.05. The Balaban J connectivity index is 2.21. The van der Waals surface area contributed by atoms with Crippen LogP contribution in [0.4, 0.5) is 0 Å². The number of benzene rings is 1. The topological polar surface area (TPSA) is 46.5 Å². The van der Waals surface area contributed by atoms with Crippen LogP contribution in [0.15, 0.2) is 12.1 Å². The molecule has 6 heteroatoms. The van der Waals surface area contributed by atoms with Gasteiger partial charge in [0, 0.05) is 21.2 Å². The van der Waals surface area contributed by atoms with Crippen LogP contribution in [0.3, 0.4) is 0 Å². The average molecular weight is 359 g/mol. The van der Waals surface area contributed by atoms with Crippen molar-refractivity contribution in [3.8, 4) is 0 Å². The minimum atomic E-state index is -0.862. The molecule has 0 radical (unpaired) electrons. The lowest BCUT2D eigenvalue weighted by atomic mass is 9.89. The number of thiophene rings is 1. The quantitative estimate of drug-likeness (QED) is 0.769. The first kappa shape index (κ1) is 16.1. The van der Waals surface area contributed by atoms with Gasteiger partial charge in [-0.05, 0) is 24.1 Å². The number of carbonyl (C=O) groups is 1. The summed E-state index contributed by atoms with van der Waals surface area (Å²) in [5.41, 5.74) is 1.15. The summed E-state index contributed by atoms with van der Waals surface area (Å²) in [6.07, 6.45) is 1.58. The van der Waals surface area contributed by atoms with Gasteiger partial charge in [0.25, 0.3) is 0 Å². The van der Waals surface area contributed by atoms with Gasteiger partial charge in [0.05, 0.1) is 22.8 Å². The Bertz CT molecular complexity index is 726.